The molecule has 1 amide bonds. The van der Waals surface area contributed by atoms with Crippen LogP contribution in [0.3, 0.4) is 0 Å². The summed E-state index contributed by atoms with van der Waals surface area (Å²) in [7, 11) is 1.29. The van der Waals surface area contributed by atoms with Crippen molar-refractivity contribution in [2.75, 3.05) is 13.7 Å². The molecule has 1 atom stereocenters. The first-order valence-corrected chi connectivity index (χ1v) is 4.23. The van der Waals surface area contributed by atoms with Crippen LogP contribution in [-0.2, 0) is 14.3 Å². The fourth-order valence-electron chi connectivity index (χ4n) is 0.933. The maximum absolute atomic E-state index is 11.1. The SMILES string of the molecule is CCC[C@@H](NC(=O)CN)C(=O)OC. The molecule has 0 aromatic carbocycles. The van der Waals surface area contributed by atoms with E-state index in [1.807, 2.05) is 6.92 Å². The lowest BCUT2D eigenvalue weighted by molar-refractivity contribution is -0.145. The van der Waals surface area contributed by atoms with Crippen LogP contribution in [0.15, 0.2) is 0 Å². The van der Waals surface area contributed by atoms with Gasteiger partial charge in [0.2, 0.25) is 5.91 Å². The van der Waals surface area contributed by atoms with Crippen LogP contribution in [0.5, 0.6) is 0 Å². The third-order valence-electron chi connectivity index (χ3n) is 1.58. The van der Waals surface area contributed by atoms with Gasteiger partial charge >= 0.3 is 5.97 Å². The molecule has 3 N–H and O–H groups in total. The molecule has 0 heterocycles. The second-order valence-corrected chi connectivity index (χ2v) is 2.64. The monoisotopic (exact) mass is 188 g/mol. The Morgan fingerprint density at radius 1 is 1.54 bits per heavy atom. The Labute approximate surface area is 77.6 Å². The van der Waals surface area contributed by atoms with Crippen molar-refractivity contribution < 1.29 is 14.3 Å². The summed E-state index contributed by atoms with van der Waals surface area (Å²) in [4.78, 5) is 21.9. The van der Waals surface area contributed by atoms with E-state index in [0.29, 0.717) is 6.42 Å². The molecule has 0 aliphatic carbocycles. The van der Waals surface area contributed by atoms with Crippen molar-refractivity contribution in [1.82, 2.24) is 5.32 Å². The number of esters is 1. The second kappa shape index (κ2) is 6.42. The molecule has 0 unspecified atom stereocenters. The number of hydrogen-bond donors (Lipinski definition) is 2. The summed E-state index contributed by atoms with van der Waals surface area (Å²) in [6.07, 6.45) is 1.36. The predicted octanol–water partition coefficient (Wildman–Crippen LogP) is -0.597. The molecule has 0 saturated heterocycles. The van der Waals surface area contributed by atoms with Crippen LogP contribution in [0.4, 0.5) is 0 Å². The number of carbonyl (C=O) groups excluding carboxylic acids is 2. The summed E-state index contributed by atoms with van der Waals surface area (Å²) in [5.41, 5.74) is 5.09. The standard InChI is InChI=1S/C8H16N2O3/c1-3-4-6(8(12)13-2)10-7(11)5-9/h6H,3-5,9H2,1-2H3,(H,10,11)/t6-/m1/s1. The molecular formula is C8H16N2O3. The van der Waals surface area contributed by atoms with Gasteiger partial charge in [0.15, 0.2) is 0 Å². The smallest absolute Gasteiger partial charge is 0.328 e. The Hall–Kier alpha value is -1.10. The van der Waals surface area contributed by atoms with E-state index in [1.54, 1.807) is 0 Å². The van der Waals surface area contributed by atoms with Gasteiger partial charge in [-0.25, -0.2) is 4.79 Å². The number of carbonyl (C=O) groups is 2. The van der Waals surface area contributed by atoms with E-state index in [1.165, 1.54) is 7.11 Å². The van der Waals surface area contributed by atoms with Crippen molar-refractivity contribution in [3.05, 3.63) is 0 Å². The minimum Gasteiger partial charge on any atom is -0.467 e. The number of methoxy groups -OCH3 is 1. The zero-order valence-corrected chi connectivity index (χ0v) is 8.00. The van der Waals surface area contributed by atoms with E-state index in [2.05, 4.69) is 10.1 Å². The fraction of sp³-hybridized carbons (Fsp3) is 0.750. The topological polar surface area (TPSA) is 81.4 Å². The highest BCUT2D eigenvalue weighted by atomic mass is 16.5. The summed E-state index contributed by atoms with van der Waals surface area (Å²) in [5.74, 6) is -0.771. The van der Waals surface area contributed by atoms with E-state index >= 15 is 0 Å². The third-order valence-corrected chi connectivity index (χ3v) is 1.58. The van der Waals surface area contributed by atoms with Crippen LogP contribution >= 0.6 is 0 Å². The van der Waals surface area contributed by atoms with Crippen molar-refractivity contribution in [3.63, 3.8) is 0 Å². The molecule has 0 rings (SSSR count). The molecule has 0 fully saturated rings. The van der Waals surface area contributed by atoms with Crippen LogP contribution in [0, 0.1) is 0 Å². The lowest BCUT2D eigenvalue weighted by Gasteiger charge is -2.14. The van der Waals surface area contributed by atoms with Gasteiger partial charge in [0.1, 0.15) is 6.04 Å². The Morgan fingerprint density at radius 3 is 2.54 bits per heavy atom. The van der Waals surface area contributed by atoms with Crippen molar-refractivity contribution >= 4 is 11.9 Å². The van der Waals surface area contributed by atoms with Gasteiger partial charge in [0, 0.05) is 0 Å². The molecule has 0 spiro atoms. The van der Waals surface area contributed by atoms with Crippen LogP contribution in [0.2, 0.25) is 0 Å². The highest BCUT2D eigenvalue weighted by molar-refractivity contribution is 5.85. The van der Waals surface area contributed by atoms with Crippen molar-refractivity contribution in [2.24, 2.45) is 5.73 Å². The average molecular weight is 188 g/mol. The molecular weight excluding hydrogens is 172 g/mol. The van der Waals surface area contributed by atoms with Crippen LogP contribution in [-0.4, -0.2) is 31.6 Å². The van der Waals surface area contributed by atoms with Gasteiger partial charge in [-0.2, -0.15) is 0 Å². The second-order valence-electron chi connectivity index (χ2n) is 2.64. The number of hydrogen-bond acceptors (Lipinski definition) is 4. The lowest BCUT2D eigenvalue weighted by Crippen LogP contribution is -2.44. The third kappa shape index (κ3) is 4.47. The quantitative estimate of drug-likeness (QED) is 0.565. The largest absolute Gasteiger partial charge is 0.467 e. The first-order chi connectivity index (χ1) is 6.15. The van der Waals surface area contributed by atoms with Gasteiger partial charge < -0.3 is 15.8 Å². The zero-order chi connectivity index (χ0) is 10.3. The van der Waals surface area contributed by atoms with E-state index in [4.69, 9.17) is 5.73 Å². The minimum absolute atomic E-state index is 0.114. The molecule has 0 saturated carbocycles. The first kappa shape index (κ1) is 11.9. The molecule has 13 heavy (non-hydrogen) atoms. The minimum atomic E-state index is -0.564. The van der Waals surface area contributed by atoms with Gasteiger partial charge in [-0.3, -0.25) is 4.79 Å². The van der Waals surface area contributed by atoms with E-state index < -0.39 is 12.0 Å². The lowest BCUT2D eigenvalue weighted by atomic mass is 10.1. The van der Waals surface area contributed by atoms with Gasteiger partial charge in [0.05, 0.1) is 13.7 Å². The summed E-state index contributed by atoms with van der Waals surface area (Å²) in [6.45, 7) is 1.81. The Bertz CT molecular complexity index is 182. The normalized spacial score (nSPS) is 11.9. The number of ether oxygens (including phenoxy) is 1. The molecule has 0 aliphatic heterocycles. The Kier molecular flexibility index (Phi) is 5.88. The van der Waals surface area contributed by atoms with Gasteiger partial charge in [0.25, 0.3) is 0 Å². The Balaban J connectivity index is 4.08. The molecule has 5 heteroatoms. The molecule has 0 bridgehead atoms. The zero-order valence-electron chi connectivity index (χ0n) is 8.00. The van der Waals surface area contributed by atoms with Crippen LogP contribution < -0.4 is 11.1 Å². The van der Waals surface area contributed by atoms with Crippen molar-refractivity contribution in [3.8, 4) is 0 Å². The maximum Gasteiger partial charge on any atom is 0.328 e. The highest BCUT2D eigenvalue weighted by Crippen LogP contribution is 1.98. The summed E-state index contributed by atoms with van der Waals surface area (Å²) < 4.78 is 4.52. The number of nitrogens with two attached hydrogens (primary N) is 1. The predicted molar refractivity (Wildman–Crippen MR) is 47.9 cm³/mol. The summed E-state index contributed by atoms with van der Waals surface area (Å²) in [6, 6.07) is -0.564. The average Bonchev–Trinajstić information content (AvgIpc) is 2.15. The van der Waals surface area contributed by atoms with Crippen LogP contribution in [0.1, 0.15) is 19.8 Å². The molecule has 0 aliphatic rings. The highest BCUT2D eigenvalue weighted by Gasteiger charge is 2.19. The number of rotatable bonds is 5. The molecule has 0 aromatic heterocycles. The molecule has 0 radical (unpaired) electrons. The summed E-state index contributed by atoms with van der Waals surface area (Å²) >= 11 is 0. The first-order valence-electron chi connectivity index (χ1n) is 4.23. The fourth-order valence-corrected chi connectivity index (χ4v) is 0.933. The number of amides is 1. The van der Waals surface area contributed by atoms with Gasteiger partial charge in [-0.15, -0.1) is 0 Å². The van der Waals surface area contributed by atoms with E-state index in [0.717, 1.165) is 6.42 Å². The molecule has 5 nitrogen and oxygen atoms in total. The Morgan fingerprint density at radius 2 is 2.15 bits per heavy atom. The number of nitrogens with one attached hydrogen (secondary N) is 1. The van der Waals surface area contributed by atoms with E-state index in [9.17, 15) is 9.59 Å². The summed E-state index contributed by atoms with van der Waals surface area (Å²) in [5, 5.41) is 2.48. The van der Waals surface area contributed by atoms with Crippen molar-refractivity contribution in [1.29, 1.82) is 0 Å². The maximum atomic E-state index is 11.1. The molecule has 0 aromatic rings. The van der Waals surface area contributed by atoms with Crippen molar-refractivity contribution in [2.45, 2.75) is 25.8 Å². The van der Waals surface area contributed by atoms with Gasteiger partial charge in [-0.05, 0) is 6.42 Å². The van der Waals surface area contributed by atoms with Crippen LogP contribution in [0.25, 0.3) is 0 Å². The van der Waals surface area contributed by atoms with Gasteiger partial charge in [-0.1, -0.05) is 13.3 Å². The molecule has 76 valence electrons. The van der Waals surface area contributed by atoms with E-state index in [-0.39, 0.29) is 12.5 Å².